The van der Waals surface area contributed by atoms with Crippen molar-refractivity contribution in [2.45, 2.75) is 30.8 Å². The predicted octanol–water partition coefficient (Wildman–Crippen LogP) is 5.65. The summed E-state index contributed by atoms with van der Waals surface area (Å²) in [5.41, 5.74) is 4.04. The fourth-order valence-electron chi connectivity index (χ4n) is 5.26. The van der Waals surface area contributed by atoms with Crippen LogP contribution in [0.5, 0.6) is 5.75 Å². The van der Waals surface area contributed by atoms with Gasteiger partial charge < -0.3 is 10.1 Å². The van der Waals surface area contributed by atoms with Gasteiger partial charge in [0.15, 0.2) is 0 Å². The topological polar surface area (TPSA) is 96.4 Å². The minimum Gasteiger partial charge on any atom is -0.497 e. The highest BCUT2D eigenvalue weighted by Crippen LogP contribution is 2.29. The summed E-state index contributed by atoms with van der Waals surface area (Å²) in [4.78, 5) is 12.0. The van der Waals surface area contributed by atoms with Gasteiger partial charge in [-0.3, -0.25) is 9.62 Å². The standard InChI is InChI=1S/C33H33N5O3S/c1-41-28-14-11-24(12-15-28)17-19-34-33-35-31-23-38(22-25-7-3-2-4-8-25)20-18-30(31)32(36-33)37-42(39,40)29-16-13-26-9-5-6-10-27(26)21-29/h2-16,21H,17-20,22-23H2,1H3,(H2,34,35,36,37). The zero-order valence-electron chi connectivity index (χ0n) is 23.5. The number of nitrogens with zero attached hydrogens (tertiary/aromatic N) is 3. The Hall–Kier alpha value is -4.47. The molecule has 0 spiro atoms. The number of benzene rings is 4. The number of aromatic nitrogens is 2. The van der Waals surface area contributed by atoms with Gasteiger partial charge in [-0.2, -0.15) is 4.98 Å². The molecule has 6 rings (SSSR count). The van der Waals surface area contributed by atoms with Crippen LogP contribution in [0.2, 0.25) is 0 Å². The minimum atomic E-state index is -3.88. The third-order valence-electron chi connectivity index (χ3n) is 7.51. The van der Waals surface area contributed by atoms with E-state index >= 15 is 0 Å². The van der Waals surface area contributed by atoms with Gasteiger partial charge in [-0.15, -0.1) is 0 Å². The smallest absolute Gasteiger partial charge is 0.263 e. The molecular formula is C33H33N5O3S. The molecule has 8 nitrogen and oxygen atoms in total. The maximum atomic E-state index is 13.6. The quantitative estimate of drug-likeness (QED) is 0.221. The van der Waals surface area contributed by atoms with Gasteiger partial charge in [0.05, 0.1) is 17.7 Å². The predicted molar refractivity (Wildman–Crippen MR) is 166 cm³/mol. The highest BCUT2D eigenvalue weighted by atomic mass is 32.2. The van der Waals surface area contributed by atoms with E-state index < -0.39 is 10.0 Å². The SMILES string of the molecule is COc1ccc(CCNc2nc3c(c(NS(=O)(=O)c4ccc5ccccc5c4)n2)CCN(Cc2ccccc2)C3)cc1. The lowest BCUT2D eigenvalue weighted by Gasteiger charge is -2.29. The number of ether oxygens (including phenoxy) is 1. The van der Waals surface area contributed by atoms with Crippen molar-refractivity contribution in [3.8, 4) is 5.75 Å². The lowest BCUT2D eigenvalue weighted by molar-refractivity contribution is 0.241. The van der Waals surface area contributed by atoms with Crippen LogP contribution in [-0.4, -0.2) is 43.5 Å². The molecule has 2 heterocycles. The van der Waals surface area contributed by atoms with Gasteiger partial charge in [0.2, 0.25) is 5.95 Å². The van der Waals surface area contributed by atoms with Crippen LogP contribution in [0, 0.1) is 0 Å². The molecule has 0 saturated carbocycles. The molecule has 9 heteroatoms. The fourth-order valence-corrected chi connectivity index (χ4v) is 6.33. The molecular weight excluding hydrogens is 546 g/mol. The molecule has 0 fully saturated rings. The van der Waals surface area contributed by atoms with E-state index in [1.54, 1.807) is 19.2 Å². The number of sulfonamides is 1. The molecule has 0 radical (unpaired) electrons. The number of hydrogen-bond acceptors (Lipinski definition) is 7. The third-order valence-corrected chi connectivity index (χ3v) is 8.85. The number of anilines is 2. The van der Waals surface area contributed by atoms with Crippen molar-refractivity contribution >= 4 is 32.6 Å². The molecule has 5 aromatic rings. The molecule has 0 saturated heterocycles. The first-order valence-electron chi connectivity index (χ1n) is 14.0. The van der Waals surface area contributed by atoms with Crippen LogP contribution >= 0.6 is 0 Å². The molecule has 42 heavy (non-hydrogen) atoms. The zero-order chi connectivity index (χ0) is 28.9. The lowest BCUT2D eigenvalue weighted by Crippen LogP contribution is -2.32. The van der Waals surface area contributed by atoms with Gasteiger partial charge in [0.1, 0.15) is 11.6 Å². The Labute approximate surface area is 246 Å². The maximum Gasteiger partial charge on any atom is 0.263 e. The molecule has 2 N–H and O–H groups in total. The van der Waals surface area contributed by atoms with E-state index in [0.717, 1.165) is 52.9 Å². The summed E-state index contributed by atoms with van der Waals surface area (Å²) in [7, 11) is -2.23. The van der Waals surface area contributed by atoms with Crippen molar-refractivity contribution in [2.75, 3.05) is 30.2 Å². The molecule has 0 unspecified atom stereocenters. The van der Waals surface area contributed by atoms with Crippen LogP contribution in [0.25, 0.3) is 10.8 Å². The van der Waals surface area contributed by atoms with Crippen molar-refractivity contribution in [3.63, 3.8) is 0 Å². The van der Waals surface area contributed by atoms with Gasteiger partial charge in [0, 0.05) is 31.7 Å². The van der Waals surface area contributed by atoms with Gasteiger partial charge >= 0.3 is 0 Å². The Kier molecular flexibility index (Phi) is 8.03. The van der Waals surface area contributed by atoms with Crippen LogP contribution < -0.4 is 14.8 Å². The summed E-state index contributed by atoms with van der Waals surface area (Å²) >= 11 is 0. The van der Waals surface area contributed by atoms with E-state index in [0.29, 0.717) is 31.3 Å². The summed E-state index contributed by atoms with van der Waals surface area (Å²) in [6.45, 7) is 2.77. The van der Waals surface area contributed by atoms with E-state index in [2.05, 4.69) is 32.1 Å². The summed E-state index contributed by atoms with van der Waals surface area (Å²) in [6, 6.07) is 31.1. The molecule has 0 bridgehead atoms. The normalized spacial score (nSPS) is 13.5. The first kappa shape index (κ1) is 27.7. The van der Waals surface area contributed by atoms with E-state index in [1.807, 2.05) is 72.8 Å². The number of methoxy groups -OCH3 is 1. The minimum absolute atomic E-state index is 0.198. The van der Waals surface area contributed by atoms with Crippen LogP contribution in [0.15, 0.2) is 102 Å². The van der Waals surface area contributed by atoms with Gasteiger partial charge in [0.25, 0.3) is 10.0 Å². The summed E-state index contributed by atoms with van der Waals surface area (Å²) in [5, 5.41) is 5.17. The summed E-state index contributed by atoms with van der Waals surface area (Å²) < 4.78 is 35.2. The van der Waals surface area contributed by atoms with E-state index in [-0.39, 0.29) is 4.90 Å². The molecule has 0 aliphatic carbocycles. The second kappa shape index (κ2) is 12.2. The zero-order valence-corrected chi connectivity index (χ0v) is 24.3. The molecule has 1 aliphatic heterocycles. The second-order valence-corrected chi connectivity index (χ2v) is 12.1. The Bertz CT molecular complexity index is 1790. The van der Waals surface area contributed by atoms with E-state index in [1.165, 1.54) is 5.56 Å². The number of fused-ring (bicyclic) bond motifs is 2. The monoisotopic (exact) mass is 579 g/mol. The molecule has 4 aromatic carbocycles. The Morgan fingerprint density at radius 1 is 0.857 bits per heavy atom. The average molecular weight is 580 g/mol. The van der Waals surface area contributed by atoms with E-state index in [9.17, 15) is 8.42 Å². The third kappa shape index (κ3) is 6.37. The van der Waals surface area contributed by atoms with Crippen molar-refractivity contribution in [1.82, 2.24) is 14.9 Å². The highest BCUT2D eigenvalue weighted by molar-refractivity contribution is 7.92. The van der Waals surface area contributed by atoms with Crippen LogP contribution in [-0.2, 0) is 36.0 Å². The van der Waals surface area contributed by atoms with Crippen molar-refractivity contribution in [2.24, 2.45) is 0 Å². The molecule has 0 atom stereocenters. The second-order valence-electron chi connectivity index (χ2n) is 10.4. The first-order chi connectivity index (χ1) is 20.5. The van der Waals surface area contributed by atoms with Crippen LogP contribution in [0.3, 0.4) is 0 Å². The van der Waals surface area contributed by atoms with Gasteiger partial charge in [-0.1, -0.05) is 72.8 Å². The Balaban J connectivity index is 1.26. The maximum absolute atomic E-state index is 13.6. The summed E-state index contributed by atoms with van der Waals surface area (Å²) in [5.74, 6) is 1.55. The molecule has 0 amide bonds. The Morgan fingerprint density at radius 3 is 2.40 bits per heavy atom. The van der Waals surface area contributed by atoms with Gasteiger partial charge in [-0.25, -0.2) is 13.4 Å². The lowest BCUT2D eigenvalue weighted by atomic mass is 10.0. The first-order valence-corrected chi connectivity index (χ1v) is 15.5. The number of rotatable bonds is 10. The number of nitrogens with one attached hydrogen (secondary N) is 2. The molecule has 214 valence electrons. The molecule has 1 aromatic heterocycles. The Morgan fingerprint density at radius 2 is 1.62 bits per heavy atom. The highest BCUT2D eigenvalue weighted by Gasteiger charge is 2.26. The summed E-state index contributed by atoms with van der Waals surface area (Å²) in [6.07, 6.45) is 1.40. The average Bonchev–Trinajstić information content (AvgIpc) is 3.01. The molecule has 1 aliphatic rings. The number of hydrogen-bond donors (Lipinski definition) is 2. The fraction of sp³-hybridized carbons (Fsp3) is 0.212. The van der Waals surface area contributed by atoms with Crippen LogP contribution in [0.1, 0.15) is 22.4 Å². The van der Waals surface area contributed by atoms with Crippen LogP contribution in [0.4, 0.5) is 11.8 Å². The van der Waals surface area contributed by atoms with E-state index in [4.69, 9.17) is 9.72 Å². The largest absolute Gasteiger partial charge is 0.497 e. The van der Waals surface area contributed by atoms with Crippen molar-refractivity contribution in [3.05, 3.63) is 119 Å². The van der Waals surface area contributed by atoms with Crippen molar-refractivity contribution < 1.29 is 13.2 Å². The van der Waals surface area contributed by atoms with Gasteiger partial charge in [-0.05, 0) is 59.0 Å². The van der Waals surface area contributed by atoms with Crippen molar-refractivity contribution in [1.29, 1.82) is 0 Å².